The van der Waals surface area contributed by atoms with Crippen LogP contribution in [0.5, 0.6) is 0 Å². The molecule has 0 spiro atoms. The zero-order valence-corrected chi connectivity index (χ0v) is 13.7. The number of thioether (sulfide) groups is 1. The van der Waals surface area contributed by atoms with Gasteiger partial charge in [0.2, 0.25) is 5.16 Å². The molecular weight excluding hydrogens is 319 g/mol. The Hall–Kier alpha value is -2.29. The smallest absolute Gasteiger partial charge is 0.257 e. The van der Waals surface area contributed by atoms with Gasteiger partial charge in [0, 0.05) is 5.56 Å². The zero-order chi connectivity index (χ0) is 16.4. The Balaban J connectivity index is 1.71. The summed E-state index contributed by atoms with van der Waals surface area (Å²) in [6, 6.07) is 5.90. The van der Waals surface area contributed by atoms with Crippen molar-refractivity contribution in [1.82, 2.24) is 30.3 Å². The molecule has 0 aliphatic carbocycles. The van der Waals surface area contributed by atoms with Gasteiger partial charge in [0.25, 0.3) is 5.89 Å². The van der Waals surface area contributed by atoms with Crippen molar-refractivity contribution in [2.75, 3.05) is 0 Å². The Morgan fingerprint density at radius 2 is 1.96 bits per heavy atom. The van der Waals surface area contributed by atoms with Gasteiger partial charge in [-0.3, -0.25) is 0 Å². The maximum Gasteiger partial charge on any atom is 0.257 e. The van der Waals surface area contributed by atoms with Crippen LogP contribution < -0.4 is 0 Å². The Morgan fingerprint density at radius 3 is 2.65 bits per heavy atom. The number of hydrogen-bond acceptors (Lipinski definition) is 7. The highest BCUT2D eigenvalue weighted by Crippen LogP contribution is 2.25. The van der Waals surface area contributed by atoms with Gasteiger partial charge in [-0.05, 0) is 55.5 Å². The molecule has 7 nitrogen and oxygen atoms in total. The van der Waals surface area contributed by atoms with E-state index in [1.807, 2.05) is 20.8 Å². The van der Waals surface area contributed by atoms with Crippen LogP contribution in [0.25, 0.3) is 11.5 Å². The summed E-state index contributed by atoms with van der Waals surface area (Å²) in [5.41, 5.74) is 0.470. The summed E-state index contributed by atoms with van der Waals surface area (Å²) in [5, 5.41) is 16.3. The third-order valence-corrected chi connectivity index (χ3v) is 3.88. The second kappa shape index (κ2) is 6.07. The molecule has 0 bridgehead atoms. The minimum atomic E-state index is -0.307. The maximum absolute atomic E-state index is 12.9. The van der Waals surface area contributed by atoms with E-state index >= 15 is 0 Å². The van der Waals surface area contributed by atoms with Gasteiger partial charge in [0.05, 0.1) is 11.3 Å². The summed E-state index contributed by atoms with van der Waals surface area (Å²) in [5.74, 6) is 1.05. The lowest BCUT2D eigenvalue weighted by Gasteiger charge is -2.19. The highest BCUT2D eigenvalue weighted by atomic mass is 32.2. The number of tetrazole rings is 1. The second-order valence-corrected chi connectivity index (χ2v) is 6.80. The van der Waals surface area contributed by atoms with Crippen molar-refractivity contribution in [2.45, 2.75) is 37.2 Å². The highest BCUT2D eigenvalue weighted by Gasteiger charge is 2.20. The molecule has 0 radical (unpaired) electrons. The van der Waals surface area contributed by atoms with Crippen molar-refractivity contribution in [2.24, 2.45) is 0 Å². The van der Waals surface area contributed by atoms with Crippen molar-refractivity contribution in [3.05, 3.63) is 35.9 Å². The molecule has 23 heavy (non-hydrogen) atoms. The van der Waals surface area contributed by atoms with E-state index in [1.165, 1.54) is 23.9 Å². The first-order valence-electron chi connectivity index (χ1n) is 6.94. The number of nitrogens with zero attached hydrogens (tertiary/aromatic N) is 6. The first-order valence-corrected chi connectivity index (χ1v) is 7.92. The molecule has 0 atom stereocenters. The molecule has 0 unspecified atom stereocenters. The highest BCUT2D eigenvalue weighted by molar-refractivity contribution is 7.98. The number of aromatic nitrogens is 6. The minimum absolute atomic E-state index is 0.206. The van der Waals surface area contributed by atoms with Crippen LogP contribution in [-0.2, 0) is 11.3 Å². The molecule has 120 valence electrons. The van der Waals surface area contributed by atoms with Gasteiger partial charge in [-0.1, -0.05) is 16.9 Å². The van der Waals surface area contributed by atoms with Crippen LogP contribution in [-0.4, -0.2) is 30.3 Å². The van der Waals surface area contributed by atoms with Crippen LogP contribution in [0.3, 0.4) is 0 Å². The lowest BCUT2D eigenvalue weighted by molar-refractivity contribution is 0.321. The molecule has 2 aromatic heterocycles. The fourth-order valence-electron chi connectivity index (χ4n) is 1.84. The zero-order valence-electron chi connectivity index (χ0n) is 12.9. The molecule has 0 saturated heterocycles. The van der Waals surface area contributed by atoms with E-state index in [1.54, 1.807) is 16.8 Å². The number of rotatable bonds is 4. The molecule has 9 heteroatoms. The summed E-state index contributed by atoms with van der Waals surface area (Å²) in [7, 11) is 0. The Kier molecular flexibility index (Phi) is 4.12. The molecule has 0 aliphatic rings. The molecular formula is C14H15FN6OS. The third-order valence-electron chi connectivity index (χ3n) is 2.97. The predicted octanol–water partition coefficient (Wildman–Crippen LogP) is 2.91. The lowest BCUT2D eigenvalue weighted by atomic mass is 10.1. The fourth-order valence-corrected chi connectivity index (χ4v) is 2.74. The molecule has 3 rings (SSSR count). The fraction of sp³-hybridized carbons (Fsp3) is 0.357. The summed E-state index contributed by atoms with van der Waals surface area (Å²) in [4.78, 5) is 4.30. The molecule has 0 fully saturated rings. The maximum atomic E-state index is 12.9. The van der Waals surface area contributed by atoms with E-state index in [4.69, 9.17) is 4.52 Å². The predicted molar refractivity (Wildman–Crippen MR) is 82.1 cm³/mol. The minimum Gasteiger partial charge on any atom is -0.334 e. The molecule has 0 amide bonds. The van der Waals surface area contributed by atoms with Gasteiger partial charge in [-0.2, -0.15) is 4.98 Å². The van der Waals surface area contributed by atoms with E-state index in [0.717, 1.165) is 0 Å². The van der Waals surface area contributed by atoms with Crippen LogP contribution in [0.1, 0.15) is 26.6 Å². The summed E-state index contributed by atoms with van der Waals surface area (Å²) in [6.07, 6.45) is 0. The summed E-state index contributed by atoms with van der Waals surface area (Å²) >= 11 is 1.43. The Labute approximate surface area is 136 Å². The first kappa shape index (κ1) is 15.6. The Morgan fingerprint density at radius 1 is 1.22 bits per heavy atom. The molecule has 0 aliphatic heterocycles. The Bertz CT molecular complexity index is 792. The molecule has 0 saturated carbocycles. The van der Waals surface area contributed by atoms with Crippen LogP contribution in [0.2, 0.25) is 0 Å². The van der Waals surface area contributed by atoms with Crippen LogP contribution in [0.15, 0.2) is 33.9 Å². The van der Waals surface area contributed by atoms with Gasteiger partial charge in [0.1, 0.15) is 5.82 Å². The molecule has 1 aromatic carbocycles. The average molecular weight is 334 g/mol. The van der Waals surface area contributed by atoms with Gasteiger partial charge in [-0.15, -0.1) is 5.10 Å². The first-order chi connectivity index (χ1) is 10.9. The number of benzene rings is 1. The second-order valence-electron chi connectivity index (χ2n) is 5.86. The summed E-state index contributed by atoms with van der Waals surface area (Å²) in [6.45, 7) is 6.07. The van der Waals surface area contributed by atoms with E-state index in [9.17, 15) is 4.39 Å². The van der Waals surface area contributed by atoms with Crippen LogP contribution in [0, 0.1) is 5.82 Å². The van der Waals surface area contributed by atoms with Crippen LogP contribution >= 0.6 is 11.8 Å². The quantitative estimate of drug-likeness (QED) is 0.678. The normalized spacial score (nSPS) is 11.8. The molecule has 0 N–H and O–H groups in total. The van der Waals surface area contributed by atoms with E-state index in [2.05, 4.69) is 25.7 Å². The van der Waals surface area contributed by atoms with Gasteiger partial charge in [0.15, 0.2) is 5.82 Å². The number of hydrogen-bond donors (Lipinski definition) is 0. The third kappa shape index (κ3) is 3.55. The van der Waals surface area contributed by atoms with Crippen LogP contribution in [0.4, 0.5) is 4.39 Å². The largest absolute Gasteiger partial charge is 0.334 e. The molecule has 2 heterocycles. The van der Waals surface area contributed by atoms with Gasteiger partial charge >= 0.3 is 0 Å². The number of halogens is 1. The standard InChI is InChI=1S/C14H15FN6OS/c1-14(2,3)21-13(17-19-20-21)23-8-11-16-12(22-18-11)9-4-6-10(15)7-5-9/h4-7H,8H2,1-3H3. The monoisotopic (exact) mass is 334 g/mol. The van der Waals surface area contributed by atoms with Gasteiger partial charge < -0.3 is 4.52 Å². The van der Waals surface area contributed by atoms with E-state index in [0.29, 0.717) is 28.2 Å². The summed E-state index contributed by atoms with van der Waals surface area (Å²) < 4.78 is 19.9. The van der Waals surface area contributed by atoms with E-state index in [-0.39, 0.29) is 11.4 Å². The van der Waals surface area contributed by atoms with Gasteiger partial charge in [-0.25, -0.2) is 9.07 Å². The lowest BCUT2D eigenvalue weighted by Crippen LogP contribution is -2.24. The SMILES string of the molecule is CC(C)(C)n1nnnc1SCc1noc(-c2ccc(F)cc2)n1. The van der Waals surface area contributed by atoms with E-state index < -0.39 is 0 Å². The van der Waals surface area contributed by atoms with Crippen molar-refractivity contribution in [3.63, 3.8) is 0 Å². The average Bonchev–Trinajstić information content (AvgIpc) is 3.14. The van der Waals surface area contributed by atoms with Crippen molar-refractivity contribution >= 4 is 11.8 Å². The molecule has 3 aromatic rings. The van der Waals surface area contributed by atoms with Crippen molar-refractivity contribution in [3.8, 4) is 11.5 Å². The topological polar surface area (TPSA) is 82.5 Å². The van der Waals surface area contributed by atoms with Crippen molar-refractivity contribution < 1.29 is 8.91 Å². The van der Waals surface area contributed by atoms with Crippen molar-refractivity contribution in [1.29, 1.82) is 0 Å².